The van der Waals surface area contributed by atoms with Gasteiger partial charge in [-0.1, -0.05) is 19.9 Å². The topological polar surface area (TPSA) is 40.5 Å². The minimum atomic E-state index is -0.845. The number of aliphatic hydroxyl groups is 1. The highest BCUT2D eigenvalue weighted by atomic mass is 19.1. The minimum Gasteiger partial charge on any atom is -0.508 e. The van der Waals surface area contributed by atoms with Crippen LogP contribution in [0.5, 0.6) is 5.75 Å². The SMILES string of the molecule is C[C@@H]1Cc2cc(O)ccc2[C@H]2C(F)C[C@]3(C)C[C@@H](O)C[C@H]3[C@H]12. The molecule has 0 heterocycles. The number of benzene rings is 1. The van der Waals surface area contributed by atoms with E-state index in [0.29, 0.717) is 24.2 Å². The summed E-state index contributed by atoms with van der Waals surface area (Å²) in [7, 11) is 0. The van der Waals surface area contributed by atoms with E-state index >= 15 is 4.39 Å². The van der Waals surface area contributed by atoms with Crippen LogP contribution in [0.1, 0.15) is 50.2 Å². The van der Waals surface area contributed by atoms with Gasteiger partial charge in [0.25, 0.3) is 0 Å². The number of phenolic OH excluding ortho intramolecular Hbond substituents is 1. The van der Waals surface area contributed by atoms with Crippen molar-refractivity contribution < 1.29 is 14.6 Å². The Balaban J connectivity index is 1.80. The van der Waals surface area contributed by atoms with Crippen molar-refractivity contribution >= 4 is 0 Å². The normalized spacial score (nSPS) is 46.7. The van der Waals surface area contributed by atoms with E-state index in [9.17, 15) is 10.2 Å². The Morgan fingerprint density at radius 2 is 2.05 bits per heavy atom. The lowest BCUT2D eigenvalue weighted by atomic mass is 9.52. The molecule has 3 aliphatic rings. The highest BCUT2D eigenvalue weighted by Gasteiger charge is 2.58. The van der Waals surface area contributed by atoms with Crippen molar-refractivity contribution in [3.05, 3.63) is 29.3 Å². The lowest BCUT2D eigenvalue weighted by Crippen LogP contribution is -2.48. The van der Waals surface area contributed by atoms with Crippen LogP contribution < -0.4 is 0 Å². The zero-order valence-electron chi connectivity index (χ0n) is 13.3. The van der Waals surface area contributed by atoms with Gasteiger partial charge in [-0.2, -0.15) is 0 Å². The molecule has 0 radical (unpaired) electrons. The second kappa shape index (κ2) is 4.70. The smallest absolute Gasteiger partial charge is 0.115 e. The number of aliphatic hydroxyl groups excluding tert-OH is 1. The van der Waals surface area contributed by atoms with Crippen LogP contribution in [0.4, 0.5) is 4.39 Å². The lowest BCUT2D eigenvalue weighted by molar-refractivity contribution is -0.0199. The molecule has 0 saturated heterocycles. The van der Waals surface area contributed by atoms with Crippen LogP contribution in [0, 0.1) is 23.2 Å². The van der Waals surface area contributed by atoms with Crippen molar-refractivity contribution in [2.75, 3.05) is 0 Å². The number of fused-ring (bicyclic) bond motifs is 5. The van der Waals surface area contributed by atoms with E-state index in [1.165, 1.54) is 0 Å². The first-order valence-corrected chi connectivity index (χ1v) is 8.53. The predicted molar refractivity (Wildman–Crippen MR) is 83.6 cm³/mol. The maximum absolute atomic E-state index is 15.1. The molecule has 0 amide bonds. The largest absolute Gasteiger partial charge is 0.508 e. The van der Waals surface area contributed by atoms with Gasteiger partial charge in [-0.3, -0.25) is 0 Å². The fourth-order valence-electron chi connectivity index (χ4n) is 6.00. The summed E-state index contributed by atoms with van der Waals surface area (Å²) in [6.07, 6.45) is 1.92. The van der Waals surface area contributed by atoms with Crippen molar-refractivity contribution in [2.24, 2.45) is 23.2 Å². The van der Waals surface area contributed by atoms with E-state index in [1.54, 1.807) is 6.07 Å². The molecular weight excluding hydrogens is 279 g/mol. The number of phenols is 1. The van der Waals surface area contributed by atoms with Gasteiger partial charge < -0.3 is 10.2 Å². The Morgan fingerprint density at radius 3 is 2.82 bits per heavy atom. The monoisotopic (exact) mass is 304 g/mol. The molecule has 2 N–H and O–H groups in total. The first-order valence-electron chi connectivity index (χ1n) is 8.53. The summed E-state index contributed by atoms with van der Waals surface area (Å²) >= 11 is 0. The third-order valence-corrected chi connectivity index (χ3v) is 6.74. The number of rotatable bonds is 0. The van der Waals surface area contributed by atoms with Gasteiger partial charge in [0.15, 0.2) is 0 Å². The van der Waals surface area contributed by atoms with E-state index in [-0.39, 0.29) is 23.2 Å². The van der Waals surface area contributed by atoms with Gasteiger partial charge in [0.2, 0.25) is 0 Å². The molecule has 1 aromatic carbocycles. The van der Waals surface area contributed by atoms with E-state index in [1.807, 2.05) is 12.1 Å². The van der Waals surface area contributed by atoms with Gasteiger partial charge in [-0.05, 0) is 72.1 Å². The van der Waals surface area contributed by atoms with E-state index in [0.717, 1.165) is 30.4 Å². The van der Waals surface area contributed by atoms with Gasteiger partial charge in [-0.15, -0.1) is 0 Å². The van der Waals surface area contributed by atoms with Crippen LogP contribution in [-0.2, 0) is 6.42 Å². The average molecular weight is 304 g/mol. The highest BCUT2D eigenvalue weighted by Crippen LogP contribution is 2.62. The maximum atomic E-state index is 15.1. The standard InChI is InChI=1S/C19H25FO2/c1-10-5-11-6-12(21)3-4-14(11)18-16(20)9-19(2)8-13(22)7-15(19)17(10)18/h3-4,6,10,13,15-18,21-22H,5,7-9H2,1-2H3/t10-,13+,15+,16?,17+,18+,19+/m1/s1. The van der Waals surface area contributed by atoms with Gasteiger partial charge in [0.05, 0.1) is 6.10 Å². The van der Waals surface area contributed by atoms with Crippen molar-refractivity contribution in [1.29, 1.82) is 0 Å². The molecule has 7 atom stereocenters. The van der Waals surface area contributed by atoms with Crippen LogP contribution in [0.2, 0.25) is 0 Å². The second-order valence-electron chi connectivity index (χ2n) is 8.24. The summed E-state index contributed by atoms with van der Waals surface area (Å²) in [6.45, 7) is 4.39. The third-order valence-electron chi connectivity index (χ3n) is 6.74. The summed E-state index contributed by atoms with van der Waals surface area (Å²) in [4.78, 5) is 0. The number of hydrogen-bond acceptors (Lipinski definition) is 2. The Kier molecular flexibility index (Phi) is 3.10. The Morgan fingerprint density at radius 1 is 1.27 bits per heavy atom. The van der Waals surface area contributed by atoms with E-state index < -0.39 is 6.17 Å². The molecule has 0 spiro atoms. The Bertz CT molecular complexity index is 601. The first-order chi connectivity index (χ1) is 10.4. The van der Waals surface area contributed by atoms with E-state index in [4.69, 9.17) is 0 Å². The molecule has 0 aromatic heterocycles. The third kappa shape index (κ3) is 1.94. The number of hydrogen-bond donors (Lipinski definition) is 2. The first kappa shape index (κ1) is 14.5. The molecule has 2 nitrogen and oxygen atoms in total. The number of halogens is 1. The van der Waals surface area contributed by atoms with Crippen LogP contribution in [0.25, 0.3) is 0 Å². The van der Waals surface area contributed by atoms with Gasteiger partial charge in [0, 0.05) is 5.92 Å². The highest BCUT2D eigenvalue weighted by molar-refractivity contribution is 5.41. The van der Waals surface area contributed by atoms with Gasteiger partial charge in [0.1, 0.15) is 11.9 Å². The van der Waals surface area contributed by atoms with Gasteiger partial charge in [-0.25, -0.2) is 4.39 Å². The predicted octanol–water partition coefficient (Wildman–Crippen LogP) is 3.80. The maximum Gasteiger partial charge on any atom is 0.115 e. The molecule has 0 aliphatic heterocycles. The second-order valence-corrected chi connectivity index (χ2v) is 8.24. The molecule has 3 aliphatic carbocycles. The Labute approximate surface area is 131 Å². The minimum absolute atomic E-state index is 0.0529. The summed E-state index contributed by atoms with van der Waals surface area (Å²) in [5, 5.41) is 19.9. The number of alkyl halides is 1. The van der Waals surface area contributed by atoms with E-state index in [2.05, 4.69) is 13.8 Å². The zero-order chi connectivity index (χ0) is 15.6. The zero-order valence-corrected chi connectivity index (χ0v) is 13.3. The Hall–Kier alpha value is -1.09. The average Bonchev–Trinajstić information content (AvgIpc) is 2.71. The molecule has 1 aromatic rings. The van der Waals surface area contributed by atoms with Crippen molar-refractivity contribution in [1.82, 2.24) is 0 Å². The van der Waals surface area contributed by atoms with Crippen molar-refractivity contribution in [3.8, 4) is 5.75 Å². The molecule has 1 unspecified atom stereocenters. The molecule has 2 saturated carbocycles. The summed E-state index contributed by atoms with van der Waals surface area (Å²) in [5.74, 6) is 1.33. The molecule has 120 valence electrons. The fraction of sp³-hybridized carbons (Fsp3) is 0.684. The molecular formula is C19H25FO2. The molecule has 4 rings (SSSR count). The molecule has 22 heavy (non-hydrogen) atoms. The fourth-order valence-corrected chi connectivity index (χ4v) is 6.00. The van der Waals surface area contributed by atoms with Crippen molar-refractivity contribution in [3.63, 3.8) is 0 Å². The quantitative estimate of drug-likeness (QED) is 0.765. The van der Waals surface area contributed by atoms with Crippen LogP contribution in [0.3, 0.4) is 0 Å². The van der Waals surface area contributed by atoms with Gasteiger partial charge >= 0.3 is 0 Å². The van der Waals surface area contributed by atoms with Crippen LogP contribution in [-0.4, -0.2) is 22.5 Å². The molecule has 2 fully saturated rings. The molecule has 3 heteroatoms. The summed E-state index contributed by atoms with van der Waals surface area (Å²) in [6, 6.07) is 5.43. The lowest BCUT2D eigenvalue weighted by Gasteiger charge is -2.52. The summed E-state index contributed by atoms with van der Waals surface area (Å²) in [5.41, 5.74) is 2.15. The number of aromatic hydroxyl groups is 1. The van der Waals surface area contributed by atoms with Crippen LogP contribution >= 0.6 is 0 Å². The van der Waals surface area contributed by atoms with Crippen molar-refractivity contribution in [2.45, 2.75) is 57.7 Å². The van der Waals surface area contributed by atoms with Crippen LogP contribution in [0.15, 0.2) is 18.2 Å². The summed E-state index contributed by atoms with van der Waals surface area (Å²) < 4.78 is 15.1. The molecule has 0 bridgehead atoms.